The zero-order chi connectivity index (χ0) is 13.9. The Kier molecular flexibility index (Phi) is 3.41. The molecule has 0 aromatic heterocycles. The Hall–Kier alpha value is -2.31. The van der Waals surface area contributed by atoms with Gasteiger partial charge in [-0.05, 0) is 47.4 Å². The molecule has 2 aromatic rings. The first-order valence-corrected chi connectivity index (χ1v) is 6.82. The van der Waals surface area contributed by atoms with Crippen LogP contribution in [0.2, 0.25) is 0 Å². The van der Waals surface area contributed by atoms with Gasteiger partial charge in [0.05, 0.1) is 11.6 Å². The summed E-state index contributed by atoms with van der Waals surface area (Å²) in [5, 5.41) is 15.7. The molecule has 2 N–H and O–H groups in total. The lowest BCUT2D eigenvalue weighted by atomic mass is 10.1. The number of aryl methyl sites for hydroxylation is 1. The monoisotopic (exact) mass is 263 g/mol. The van der Waals surface area contributed by atoms with Crippen LogP contribution in [0.4, 0.5) is 5.69 Å². The third-order valence-electron chi connectivity index (χ3n) is 3.75. The normalized spacial score (nSPS) is 12.8. The quantitative estimate of drug-likeness (QED) is 0.894. The second-order valence-corrected chi connectivity index (χ2v) is 5.20. The second kappa shape index (κ2) is 5.36. The lowest BCUT2D eigenvalue weighted by molar-refractivity contribution is 0.764. The van der Waals surface area contributed by atoms with Crippen LogP contribution in [0.25, 0.3) is 0 Å². The minimum Gasteiger partial charge on any atom is -0.381 e. The molecule has 0 radical (unpaired) electrons. The maximum Gasteiger partial charge on any atom is 0.0994 e. The van der Waals surface area contributed by atoms with Crippen molar-refractivity contribution < 1.29 is 0 Å². The van der Waals surface area contributed by atoms with Crippen molar-refractivity contribution in [1.82, 2.24) is 5.32 Å². The highest BCUT2D eigenvalue weighted by Gasteiger charge is 2.09. The van der Waals surface area contributed by atoms with Crippen LogP contribution in [0.15, 0.2) is 36.4 Å². The van der Waals surface area contributed by atoms with Crippen molar-refractivity contribution in [2.75, 3.05) is 5.32 Å². The Labute approximate surface area is 119 Å². The van der Waals surface area contributed by atoms with Gasteiger partial charge in [0.15, 0.2) is 0 Å². The molecule has 0 spiro atoms. The molecular weight excluding hydrogens is 246 g/mol. The first-order valence-electron chi connectivity index (χ1n) is 6.82. The van der Waals surface area contributed by atoms with Crippen LogP contribution in [-0.2, 0) is 19.6 Å². The number of fused-ring (bicyclic) bond motifs is 1. The van der Waals surface area contributed by atoms with Crippen LogP contribution in [0.3, 0.4) is 0 Å². The molecule has 0 aliphatic carbocycles. The van der Waals surface area contributed by atoms with E-state index < -0.39 is 0 Å². The van der Waals surface area contributed by atoms with Crippen molar-refractivity contribution in [3.8, 4) is 6.07 Å². The van der Waals surface area contributed by atoms with Gasteiger partial charge < -0.3 is 10.6 Å². The van der Waals surface area contributed by atoms with Gasteiger partial charge in [-0.15, -0.1) is 0 Å². The summed E-state index contributed by atoms with van der Waals surface area (Å²) < 4.78 is 0. The fraction of sp³-hybridized carbons (Fsp3) is 0.235. The molecule has 3 rings (SSSR count). The van der Waals surface area contributed by atoms with E-state index in [0.29, 0.717) is 0 Å². The highest BCUT2D eigenvalue weighted by atomic mass is 14.9. The number of nitriles is 1. The van der Waals surface area contributed by atoms with Crippen LogP contribution >= 0.6 is 0 Å². The number of rotatable bonds is 3. The number of hydrogen-bond acceptors (Lipinski definition) is 3. The Morgan fingerprint density at radius 1 is 1.15 bits per heavy atom. The van der Waals surface area contributed by atoms with Gasteiger partial charge in [0.25, 0.3) is 0 Å². The van der Waals surface area contributed by atoms with Gasteiger partial charge >= 0.3 is 0 Å². The highest BCUT2D eigenvalue weighted by Crippen LogP contribution is 2.19. The molecule has 0 saturated heterocycles. The Bertz CT molecular complexity index is 672. The van der Waals surface area contributed by atoms with Gasteiger partial charge in [0.2, 0.25) is 0 Å². The minimum atomic E-state index is 0.735. The fourth-order valence-corrected chi connectivity index (χ4v) is 2.56. The number of nitrogens with one attached hydrogen (secondary N) is 2. The van der Waals surface area contributed by atoms with Gasteiger partial charge in [-0.1, -0.05) is 18.2 Å². The van der Waals surface area contributed by atoms with Crippen molar-refractivity contribution >= 4 is 5.69 Å². The van der Waals surface area contributed by atoms with Gasteiger partial charge in [0.1, 0.15) is 0 Å². The van der Waals surface area contributed by atoms with Gasteiger partial charge in [-0.3, -0.25) is 0 Å². The summed E-state index contributed by atoms with van der Waals surface area (Å²) in [5.74, 6) is 0. The summed E-state index contributed by atoms with van der Waals surface area (Å²) in [6, 6.07) is 14.7. The molecule has 0 bridgehead atoms. The van der Waals surface area contributed by atoms with Gasteiger partial charge in [-0.25, -0.2) is 0 Å². The van der Waals surface area contributed by atoms with Crippen molar-refractivity contribution in [1.29, 1.82) is 5.26 Å². The van der Waals surface area contributed by atoms with Crippen LogP contribution in [0.5, 0.6) is 0 Å². The summed E-state index contributed by atoms with van der Waals surface area (Å²) in [6.07, 6.45) is 0. The number of nitrogens with zero attached hydrogens (tertiary/aromatic N) is 1. The predicted molar refractivity (Wildman–Crippen MR) is 80.2 cm³/mol. The SMILES string of the molecule is Cc1cc(NCc2ccc3c(c2)CNC3)ccc1C#N. The predicted octanol–water partition coefficient (Wildman–Crippen LogP) is 3.08. The van der Waals surface area contributed by atoms with E-state index >= 15 is 0 Å². The Balaban J connectivity index is 1.70. The first kappa shape index (κ1) is 12.7. The molecule has 1 aliphatic heterocycles. The molecule has 0 unspecified atom stereocenters. The average Bonchev–Trinajstić information content (AvgIpc) is 2.92. The molecule has 0 saturated carbocycles. The van der Waals surface area contributed by atoms with Crippen molar-refractivity contribution in [2.24, 2.45) is 0 Å². The van der Waals surface area contributed by atoms with Crippen LogP contribution < -0.4 is 10.6 Å². The zero-order valence-corrected chi connectivity index (χ0v) is 11.5. The summed E-state index contributed by atoms with van der Waals surface area (Å²) in [7, 11) is 0. The van der Waals surface area contributed by atoms with E-state index in [4.69, 9.17) is 5.26 Å². The molecule has 0 fully saturated rings. The molecule has 100 valence electrons. The Morgan fingerprint density at radius 2 is 2.00 bits per heavy atom. The zero-order valence-electron chi connectivity index (χ0n) is 11.5. The lowest BCUT2D eigenvalue weighted by Crippen LogP contribution is -2.01. The van der Waals surface area contributed by atoms with Crippen molar-refractivity contribution in [2.45, 2.75) is 26.6 Å². The fourth-order valence-electron chi connectivity index (χ4n) is 2.56. The van der Waals surface area contributed by atoms with Crippen LogP contribution in [-0.4, -0.2) is 0 Å². The lowest BCUT2D eigenvalue weighted by Gasteiger charge is -2.09. The second-order valence-electron chi connectivity index (χ2n) is 5.20. The highest BCUT2D eigenvalue weighted by molar-refractivity contribution is 5.52. The molecule has 1 heterocycles. The molecule has 3 heteroatoms. The van der Waals surface area contributed by atoms with E-state index in [1.807, 2.05) is 25.1 Å². The summed E-state index contributed by atoms with van der Waals surface area (Å²) in [5.41, 5.74) is 6.90. The Morgan fingerprint density at radius 3 is 2.80 bits per heavy atom. The van der Waals surface area contributed by atoms with E-state index in [9.17, 15) is 0 Å². The molecule has 3 nitrogen and oxygen atoms in total. The summed E-state index contributed by atoms with van der Waals surface area (Å²) in [4.78, 5) is 0. The molecule has 0 atom stereocenters. The van der Waals surface area contributed by atoms with E-state index in [-0.39, 0.29) is 0 Å². The van der Waals surface area contributed by atoms with Crippen LogP contribution in [0.1, 0.15) is 27.8 Å². The van der Waals surface area contributed by atoms with Gasteiger partial charge in [0, 0.05) is 25.3 Å². The summed E-state index contributed by atoms with van der Waals surface area (Å²) >= 11 is 0. The maximum atomic E-state index is 8.93. The van der Waals surface area contributed by atoms with E-state index in [1.54, 1.807) is 0 Å². The van der Waals surface area contributed by atoms with Gasteiger partial charge in [-0.2, -0.15) is 5.26 Å². The maximum absolute atomic E-state index is 8.93. The van der Waals surface area contributed by atoms with E-state index in [0.717, 1.165) is 36.4 Å². The van der Waals surface area contributed by atoms with Crippen molar-refractivity contribution in [3.05, 3.63) is 64.2 Å². The third kappa shape index (κ3) is 2.52. The third-order valence-corrected chi connectivity index (χ3v) is 3.75. The molecule has 20 heavy (non-hydrogen) atoms. The molecular formula is C17H17N3. The number of anilines is 1. The molecule has 0 amide bonds. The largest absolute Gasteiger partial charge is 0.381 e. The topological polar surface area (TPSA) is 47.8 Å². The average molecular weight is 263 g/mol. The van der Waals surface area contributed by atoms with Crippen molar-refractivity contribution in [3.63, 3.8) is 0 Å². The smallest absolute Gasteiger partial charge is 0.0994 e. The summed E-state index contributed by atoms with van der Waals surface area (Å²) in [6.45, 7) is 4.72. The first-order chi connectivity index (χ1) is 9.76. The van der Waals surface area contributed by atoms with E-state index in [2.05, 4.69) is 34.9 Å². The molecule has 2 aromatic carbocycles. The number of hydrogen-bond donors (Lipinski definition) is 2. The van der Waals surface area contributed by atoms with E-state index in [1.165, 1.54) is 16.7 Å². The number of benzene rings is 2. The van der Waals surface area contributed by atoms with Crippen LogP contribution in [0, 0.1) is 18.3 Å². The minimum absolute atomic E-state index is 0.735. The standard InChI is InChI=1S/C17H17N3/c1-12-6-17(5-4-14(12)8-18)20-9-13-2-3-15-10-19-11-16(15)7-13/h2-7,19-20H,9-11H2,1H3. The molecule has 1 aliphatic rings.